The number of ether oxygens (including phenoxy) is 1. The van der Waals surface area contributed by atoms with Crippen LogP contribution >= 0.6 is 0 Å². The van der Waals surface area contributed by atoms with Crippen molar-refractivity contribution in [1.29, 1.82) is 0 Å². The summed E-state index contributed by atoms with van der Waals surface area (Å²) in [6.07, 6.45) is 3.36. The fourth-order valence-corrected chi connectivity index (χ4v) is 3.68. The Balaban J connectivity index is 1.29. The number of benzene rings is 2. The number of carbonyl (C=O) groups excluding carboxylic acids is 1. The minimum absolute atomic E-state index is 0.215. The zero-order valence-corrected chi connectivity index (χ0v) is 15.4. The Labute approximate surface area is 159 Å². The normalized spacial score (nSPS) is 17.2. The fourth-order valence-electron chi connectivity index (χ4n) is 3.68. The number of nitrogens with zero attached hydrogens (tertiary/aromatic N) is 2. The van der Waals surface area contributed by atoms with Crippen molar-refractivity contribution in [2.75, 3.05) is 19.7 Å². The summed E-state index contributed by atoms with van der Waals surface area (Å²) in [7, 11) is 0. The van der Waals surface area contributed by atoms with Gasteiger partial charge >= 0.3 is 0 Å². The highest BCUT2D eigenvalue weighted by Gasteiger charge is 2.26. The summed E-state index contributed by atoms with van der Waals surface area (Å²) in [5.41, 5.74) is 2.06. The summed E-state index contributed by atoms with van der Waals surface area (Å²) in [6.45, 7) is 2.16. The minimum atomic E-state index is 0.215. The predicted molar refractivity (Wildman–Crippen MR) is 106 cm³/mol. The molecule has 2 aromatic carbocycles. The van der Waals surface area contributed by atoms with Crippen LogP contribution in [0.5, 0.6) is 5.75 Å². The number of aromatic amines is 1. The van der Waals surface area contributed by atoms with Crippen LogP contribution in [0.25, 0.3) is 11.0 Å². The molecule has 140 valence electrons. The lowest BCUT2D eigenvalue weighted by atomic mass is 9.97. The molecule has 1 amide bonds. The van der Waals surface area contributed by atoms with Gasteiger partial charge in [0.15, 0.2) is 0 Å². The van der Waals surface area contributed by atoms with E-state index in [9.17, 15) is 4.79 Å². The molecule has 1 N–H and O–H groups in total. The van der Waals surface area contributed by atoms with Crippen LogP contribution in [0.2, 0.25) is 0 Å². The molecule has 1 fully saturated rings. The number of H-pyrrole nitrogens is 1. The molecule has 3 aromatic rings. The number of rotatable bonds is 6. The second kappa shape index (κ2) is 8.25. The minimum Gasteiger partial charge on any atom is -0.494 e. The van der Waals surface area contributed by atoms with E-state index >= 15 is 0 Å². The summed E-state index contributed by atoms with van der Waals surface area (Å²) in [5.74, 6) is 2.36. The van der Waals surface area contributed by atoms with Crippen molar-refractivity contribution in [2.24, 2.45) is 0 Å². The standard InChI is InChI=1S/C22H25N3O2/c26-21(13-7-15-27-18-9-2-1-3-10-18)25-14-6-8-17(16-25)22-23-19-11-4-5-12-20(19)24-22/h1-5,9-12,17H,6-8,13-16H2,(H,23,24). The molecule has 1 saturated heterocycles. The van der Waals surface area contributed by atoms with Crippen molar-refractivity contribution in [2.45, 2.75) is 31.6 Å². The largest absolute Gasteiger partial charge is 0.494 e. The SMILES string of the molecule is O=C(CCCOc1ccccc1)N1CCCC(c2nc3ccccc3[nH]2)C1. The molecule has 5 heteroatoms. The zero-order valence-electron chi connectivity index (χ0n) is 15.4. The zero-order chi connectivity index (χ0) is 18.5. The third-order valence-electron chi connectivity index (χ3n) is 5.12. The van der Waals surface area contributed by atoms with Crippen molar-refractivity contribution >= 4 is 16.9 Å². The van der Waals surface area contributed by atoms with Gasteiger partial charge in [0.1, 0.15) is 11.6 Å². The van der Waals surface area contributed by atoms with Crippen LogP contribution in [-0.4, -0.2) is 40.5 Å². The Bertz CT molecular complexity index is 858. The van der Waals surface area contributed by atoms with Gasteiger partial charge in [0.25, 0.3) is 0 Å². The number of likely N-dealkylation sites (tertiary alicyclic amines) is 1. The van der Waals surface area contributed by atoms with Crippen LogP contribution in [0.4, 0.5) is 0 Å². The average Bonchev–Trinajstić information content (AvgIpc) is 3.16. The van der Waals surface area contributed by atoms with Crippen molar-refractivity contribution in [3.05, 3.63) is 60.4 Å². The van der Waals surface area contributed by atoms with Crippen LogP contribution < -0.4 is 4.74 Å². The molecule has 0 spiro atoms. The second-order valence-electron chi connectivity index (χ2n) is 7.08. The summed E-state index contributed by atoms with van der Waals surface area (Å²) >= 11 is 0. The predicted octanol–water partition coefficient (Wildman–Crippen LogP) is 4.13. The highest BCUT2D eigenvalue weighted by molar-refractivity contribution is 5.77. The molecule has 0 saturated carbocycles. The molecule has 27 heavy (non-hydrogen) atoms. The molecular formula is C22H25N3O2. The average molecular weight is 363 g/mol. The van der Waals surface area contributed by atoms with Gasteiger partial charge < -0.3 is 14.6 Å². The van der Waals surface area contributed by atoms with E-state index < -0.39 is 0 Å². The van der Waals surface area contributed by atoms with Crippen LogP contribution in [0, 0.1) is 0 Å². The summed E-state index contributed by atoms with van der Waals surface area (Å²) in [5, 5.41) is 0. The summed E-state index contributed by atoms with van der Waals surface area (Å²) in [4.78, 5) is 22.7. The first-order valence-corrected chi connectivity index (χ1v) is 9.70. The molecule has 0 bridgehead atoms. The first-order chi connectivity index (χ1) is 13.3. The van der Waals surface area contributed by atoms with Crippen molar-refractivity contribution in [3.8, 4) is 5.75 Å². The molecule has 1 atom stereocenters. The first kappa shape index (κ1) is 17.6. The van der Waals surface area contributed by atoms with E-state index in [1.165, 1.54) is 0 Å². The van der Waals surface area contributed by atoms with Gasteiger partial charge in [-0.3, -0.25) is 4.79 Å². The Morgan fingerprint density at radius 1 is 1.15 bits per heavy atom. The highest BCUT2D eigenvalue weighted by Crippen LogP contribution is 2.27. The molecule has 1 aromatic heterocycles. The van der Waals surface area contributed by atoms with Crippen LogP contribution in [-0.2, 0) is 4.79 Å². The Hall–Kier alpha value is -2.82. The molecule has 0 radical (unpaired) electrons. The topological polar surface area (TPSA) is 58.2 Å². The maximum atomic E-state index is 12.6. The number of hydrogen-bond acceptors (Lipinski definition) is 3. The van der Waals surface area contributed by atoms with Gasteiger partial charge in [0.05, 0.1) is 17.6 Å². The molecule has 5 nitrogen and oxygen atoms in total. The summed E-state index contributed by atoms with van der Waals surface area (Å²) < 4.78 is 5.68. The van der Waals surface area contributed by atoms with E-state index in [4.69, 9.17) is 9.72 Å². The quantitative estimate of drug-likeness (QED) is 0.670. The second-order valence-corrected chi connectivity index (χ2v) is 7.08. The van der Waals surface area contributed by atoms with Crippen LogP contribution in [0.1, 0.15) is 37.4 Å². The number of aromatic nitrogens is 2. The maximum absolute atomic E-state index is 12.6. The fraction of sp³-hybridized carbons (Fsp3) is 0.364. The van der Waals surface area contributed by atoms with Gasteiger partial charge in [-0.2, -0.15) is 0 Å². The Morgan fingerprint density at radius 2 is 1.96 bits per heavy atom. The number of hydrogen-bond donors (Lipinski definition) is 1. The van der Waals surface area contributed by atoms with Gasteiger partial charge in [-0.15, -0.1) is 0 Å². The molecule has 2 heterocycles. The lowest BCUT2D eigenvalue weighted by Gasteiger charge is -2.32. The Morgan fingerprint density at radius 3 is 2.81 bits per heavy atom. The first-order valence-electron chi connectivity index (χ1n) is 9.70. The van der Waals surface area contributed by atoms with Gasteiger partial charge in [0.2, 0.25) is 5.91 Å². The number of fused-ring (bicyclic) bond motifs is 1. The number of para-hydroxylation sites is 3. The maximum Gasteiger partial charge on any atom is 0.222 e. The number of carbonyl (C=O) groups is 1. The number of piperidine rings is 1. The van der Waals surface area contributed by atoms with Crippen molar-refractivity contribution in [3.63, 3.8) is 0 Å². The van der Waals surface area contributed by atoms with E-state index in [1.807, 2.05) is 59.5 Å². The third-order valence-corrected chi connectivity index (χ3v) is 5.12. The van der Waals surface area contributed by atoms with Gasteiger partial charge in [-0.1, -0.05) is 30.3 Å². The van der Waals surface area contributed by atoms with Gasteiger partial charge in [-0.05, 0) is 43.5 Å². The van der Waals surface area contributed by atoms with E-state index in [-0.39, 0.29) is 11.8 Å². The van der Waals surface area contributed by atoms with Crippen LogP contribution in [0.15, 0.2) is 54.6 Å². The van der Waals surface area contributed by atoms with E-state index in [0.717, 1.165) is 55.0 Å². The Kier molecular flexibility index (Phi) is 5.37. The highest BCUT2D eigenvalue weighted by atomic mass is 16.5. The lowest BCUT2D eigenvalue weighted by molar-refractivity contribution is -0.132. The van der Waals surface area contributed by atoms with Crippen molar-refractivity contribution in [1.82, 2.24) is 14.9 Å². The lowest BCUT2D eigenvalue weighted by Crippen LogP contribution is -2.39. The molecule has 1 aliphatic rings. The van der Waals surface area contributed by atoms with E-state index in [2.05, 4.69) is 4.98 Å². The number of amides is 1. The summed E-state index contributed by atoms with van der Waals surface area (Å²) in [6, 6.07) is 17.8. The number of imidazole rings is 1. The number of nitrogens with one attached hydrogen (secondary N) is 1. The monoisotopic (exact) mass is 363 g/mol. The van der Waals surface area contributed by atoms with Gasteiger partial charge in [0, 0.05) is 25.4 Å². The molecule has 4 rings (SSSR count). The van der Waals surface area contributed by atoms with Crippen molar-refractivity contribution < 1.29 is 9.53 Å². The molecule has 1 aliphatic heterocycles. The van der Waals surface area contributed by atoms with Crippen LogP contribution in [0.3, 0.4) is 0 Å². The van der Waals surface area contributed by atoms with Gasteiger partial charge in [-0.25, -0.2) is 4.98 Å². The smallest absolute Gasteiger partial charge is 0.222 e. The molecular weight excluding hydrogens is 338 g/mol. The van der Waals surface area contributed by atoms with E-state index in [1.54, 1.807) is 0 Å². The third kappa shape index (κ3) is 4.30. The molecule has 1 unspecified atom stereocenters. The van der Waals surface area contributed by atoms with E-state index in [0.29, 0.717) is 13.0 Å². The molecule has 0 aliphatic carbocycles.